The lowest BCUT2D eigenvalue weighted by Gasteiger charge is -2.31. The lowest BCUT2D eigenvalue weighted by atomic mass is 10.1. The number of hydrogen-bond donors (Lipinski definition) is 4. The van der Waals surface area contributed by atoms with Gasteiger partial charge in [-0.2, -0.15) is 29.9 Å². The fourth-order valence-corrected chi connectivity index (χ4v) is 9.27. The zero-order valence-corrected chi connectivity index (χ0v) is 45.6. The zero-order valence-electron chi connectivity index (χ0n) is 45.6. The number of phenolic OH excluding ortho intramolecular Hbond substituents is 3. The van der Waals surface area contributed by atoms with Gasteiger partial charge < -0.3 is 35.6 Å². The van der Waals surface area contributed by atoms with E-state index in [1.54, 1.807) is 109 Å². The molecule has 0 saturated heterocycles. The van der Waals surface area contributed by atoms with Crippen LogP contribution in [0.1, 0.15) is 40.4 Å². The molecule has 24 nitrogen and oxygen atoms in total. The Morgan fingerprint density at radius 1 is 0.407 bits per heavy atom. The molecule has 0 radical (unpaired) electrons. The number of pyridine rings is 6. The molecule has 1 atom stereocenters. The third-order valence-electron chi connectivity index (χ3n) is 13.3. The number of rotatable bonds is 21. The quantitative estimate of drug-likeness (QED) is 0.0384. The highest BCUT2D eigenvalue weighted by molar-refractivity contribution is 5.97. The molecule has 422 valence electrons. The SMILES string of the molecule is Nc1nc(/N=N/c2c(O)ccc3cc(O)ccc23)nc(N(Cc2ccccn2)C(Oc2ccc3cc(O)ccc3c2/N=N/c2nc(N(Cc3ccccn3)Cc3ccccn3)nc(N(Cc3ccccn3)Cc3ccccn3)n2)c2ccccn2)n1. The van der Waals surface area contributed by atoms with E-state index in [1.165, 1.54) is 12.1 Å². The summed E-state index contributed by atoms with van der Waals surface area (Å²) in [6, 6.07) is 49.7. The van der Waals surface area contributed by atoms with Gasteiger partial charge in [0.1, 0.15) is 34.3 Å². The second kappa shape index (κ2) is 25.4. The lowest BCUT2D eigenvalue weighted by molar-refractivity contribution is 0.191. The van der Waals surface area contributed by atoms with Crippen molar-refractivity contribution < 1.29 is 20.1 Å². The number of azo groups is 2. The van der Waals surface area contributed by atoms with E-state index in [0.717, 1.165) is 22.8 Å². The molecule has 86 heavy (non-hydrogen) atoms. The Morgan fingerprint density at radius 3 is 1.34 bits per heavy atom. The van der Waals surface area contributed by atoms with Crippen molar-refractivity contribution in [1.82, 2.24) is 59.8 Å². The highest BCUT2D eigenvalue weighted by Crippen LogP contribution is 2.42. The molecule has 0 aliphatic rings. The number of aromatic nitrogens is 12. The van der Waals surface area contributed by atoms with Gasteiger partial charge in [-0.15, -0.1) is 20.5 Å². The molecule has 8 aromatic heterocycles. The van der Waals surface area contributed by atoms with Gasteiger partial charge in [-0.3, -0.25) is 34.8 Å². The van der Waals surface area contributed by atoms with Gasteiger partial charge in [0.15, 0.2) is 5.75 Å². The molecule has 0 saturated carbocycles. The van der Waals surface area contributed by atoms with Crippen molar-refractivity contribution in [1.29, 1.82) is 0 Å². The first-order valence-corrected chi connectivity index (χ1v) is 26.9. The molecule has 1 unspecified atom stereocenters. The van der Waals surface area contributed by atoms with Gasteiger partial charge in [-0.05, 0) is 132 Å². The predicted octanol–water partition coefficient (Wildman–Crippen LogP) is 11.5. The summed E-state index contributed by atoms with van der Waals surface area (Å²) < 4.78 is 7.19. The smallest absolute Gasteiger partial charge is 0.275 e. The normalized spacial score (nSPS) is 11.8. The Bertz CT molecular complexity index is 4150. The van der Waals surface area contributed by atoms with Gasteiger partial charge in [-0.1, -0.05) is 48.5 Å². The third-order valence-corrected chi connectivity index (χ3v) is 13.3. The van der Waals surface area contributed by atoms with Crippen molar-refractivity contribution in [3.05, 3.63) is 241 Å². The van der Waals surface area contributed by atoms with Crippen molar-refractivity contribution in [3.63, 3.8) is 0 Å². The van der Waals surface area contributed by atoms with Crippen LogP contribution < -0.4 is 25.2 Å². The van der Waals surface area contributed by atoms with Crippen LogP contribution in [0.5, 0.6) is 23.0 Å². The van der Waals surface area contributed by atoms with Crippen LogP contribution in [0.15, 0.2) is 227 Å². The van der Waals surface area contributed by atoms with Crippen LogP contribution in [-0.2, 0) is 32.7 Å². The Kier molecular flexibility index (Phi) is 16.1. The Hall–Kier alpha value is -12.1. The van der Waals surface area contributed by atoms with Crippen LogP contribution in [0, 0.1) is 0 Å². The Labute approximate surface area is 490 Å². The topological polar surface area (TPSA) is 310 Å². The molecule has 0 bridgehead atoms. The fraction of sp³-hybridized carbons (Fsp3) is 0.0968. The molecule has 0 aliphatic heterocycles. The summed E-state index contributed by atoms with van der Waals surface area (Å²) in [5.74, 6) is 0.0765. The maximum Gasteiger partial charge on any atom is 0.275 e. The molecule has 12 rings (SSSR count). The minimum atomic E-state index is -1.18. The molecular formula is C62H50N20O4. The van der Waals surface area contributed by atoms with E-state index in [2.05, 4.69) is 45.1 Å². The van der Waals surface area contributed by atoms with E-state index in [-0.39, 0.29) is 103 Å². The number of nitrogen functional groups attached to an aromatic ring is 1. The summed E-state index contributed by atoms with van der Waals surface area (Å²) in [7, 11) is 0. The number of anilines is 4. The van der Waals surface area contributed by atoms with Crippen LogP contribution in [0.4, 0.5) is 47.1 Å². The largest absolute Gasteiger partial charge is 0.508 e. The average molecular weight is 1140 g/mol. The molecule has 0 aliphatic carbocycles. The van der Waals surface area contributed by atoms with Gasteiger partial charge in [-0.25, -0.2) is 0 Å². The standard InChI is InChI=1S/C62H50N20O4/c63-57-70-58(78-76-54-49-23-21-47(83)33-40(49)19-25-52(54)85)74-62(71-57)82(39-46-17-5-11-31-68-46)56(51-18-6-12-32-69-51)86-53-26-20-41-34-48(84)22-24-50(41)55(53)77-79-59-72-60(80(35-42-13-1-7-27-64-42)36-43-14-2-8-28-65-43)75-61(73-59)81(37-44-15-3-9-29-66-44)38-45-16-4-10-30-67-45/h1-34,56,83-85H,35-39H2,(H2,63,70,71,74)/b78-76+,79-77+. The molecule has 8 heterocycles. The highest BCUT2D eigenvalue weighted by Gasteiger charge is 2.30. The van der Waals surface area contributed by atoms with Crippen LogP contribution >= 0.6 is 0 Å². The molecule has 0 spiro atoms. The molecular weight excluding hydrogens is 1090 g/mol. The van der Waals surface area contributed by atoms with Crippen molar-refractivity contribution in [2.75, 3.05) is 20.4 Å². The third kappa shape index (κ3) is 13.1. The van der Waals surface area contributed by atoms with E-state index >= 15 is 0 Å². The average Bonchev–Trinajstić information content (AvgIpc) is 1.80. The van der Waals surface area contributed by atoms with Crippen LogP contribution in [0.3, 0.4) is 0 Å². The Morgan fingerprint density at radius 2 is 0.849 bits per heavy atom. The number of ether oxygens (including phenoxy) is 1. The molecule has 24 heteroatoms. The summed E-state index contributed by atoms with van der Waals surface area (Å²) in [5.41, 5.74) is 10.8. The Balaban J connectivity index is 0.992. The van der Waals surface area contributed by atoms with E-state index < -0.39 is 6.23 Å². The first-order chi connectivity index (χ1) is 42.2. The van der Waals surface area contributed by atoms with Gasteiger partial charge in [0.05, 0.1) is 61.2 Å². The minimum absolute atomic E-state index is 0.0131. The van der Waals surface area contributed by atoms with Gasteiger partial charge in [0.25, 0.3) is 11.9 Å². The molecule has 12 aromatic rings. The monoisotopic (exact) mass is 1140 g/mol. The molecule has 0 fully saturated rings. The van der Waals surface area contributed by atoms with Crippen LogP contribution in [-0.4, -0.2) is 75.1 Å². The first-order valence-electron chi connectivity index (χ1n) is 26.9. The highest BCUT2D eigenvalue weighted by atomic mass is 16.5. The summed E-state index contributed by atoms with van der Waals surface area (Å²) >= 11 is 0. The number of benzene rings is 4. The van der Waals surface area contributed by atoms with E-state index in [0.29, 0.717) is 32.9 Å². The number of hydrogen-bond acceptors (Lipinski definition) is 24. The number of nitrogens with zero attached hydrogens (tertiary/aromatic N) is 19. The number of nitrogens with two attached hydrogens (primary N) is 1. The van der Waals surface area contributed by atoms with Crippen molar-refractivity contribution in [2.45, 2.75) is 39.0 Å². The van der Waals surface area contributed by atoms with Gasteiger partial charge >= 0.3 is 0 Å². The summed E-state index contributed by atoms with van der Waals surface area (Å²) in [4.78, 5) is 62.4. The van der Waals surface area contributed by atoms with Crippen molar-refractivity contribution >= 4 is 68.6 Å². The van der Waals surface area contributed by atoms with Crippen LogP contribution in [0.2, 0.25) is 0 Å². The molecule has 5 N–H and O–H groups in total. The second-order valence-electron chi connectivity index (χ2n) is 19.3. The zero-order chi connectivity index (χ0) is 58.6. The number of fused-ring (bicyclic) bond motifs is 2. The fourth-order valence-electron chi connectivity index (χ4n) is 9.27. The van der Waals surface area contributed by atoms with Gasteiger partial charge in [0, 0.05) is 48.0 Å². The molecule has 0 amide bonds. The van der Waals surface area contributed by atoms with Crippen molar-refractivity contribution in [2.24, 2.45) is 20.5 Å². The maximum absolute atomic E-state index is 10.9. The first kappa shape index (κ1) is 54.5. The van der Waals surface area contributed by atoms with Crippen molar-refractivity contribution in [3.8, 4) is 23.0 Å². The summed E-state index contributed by atoms with van der Waals surface area (Å²) in [6.07, 6.45) is 9.01. The minimum Gasteiger partial charge on any atom is -0.508 e. The second-order valence-corrected chi connectivity index (χ2v) is 19.3. The van der Waals surface area contributed by atoms with Crippen LogP contribution in [0.25, 0.3) is 21.5 Å². The maximum atomic E-state index is 10.9. The number of phenols is 3. The number of aromatic hydroxyl groups is 3. The predicted molar refractivity (Wildman–Crippen MR) is 320 cm³/mol. The van der Waals surface area contributed by atoms with E-state index in [1.807, 2.05) is 101 Å². The van der Waals surface area contributed by atoms with E-state index in [4.69, 9.17) is 45.6 Å². The summed E-state index contributed by atoms with van der Waals surface area (Å²) in [6.45, 7) is 1.15. The van der Waals surface area contributed by atoms with Gasteiger partial charge in [0.2, 0.25) is 30.0 Å². The lowest BCUT2D eigenvalue weighted by Crippen LogP contribution is -2.34. The van der Waals surface area contributed by atoms with E-state index in [9.17, 15) is 15.3 Å². The molecule has 4 aromatic carbocycles. The summed E-state index contributed by atoms with van der Waals surface area (Å²) in [5, 5.41) is 52.7.